The lowest BCUT2D eigenvalue weighted by molar-refractivity contribution is -0.113. The molecule has 0 saturated carbocycles. The van der Waals surface area contributed by atoms with Gasteiger partial charge in [-0.25, -0.2) is 9.89 Å². The summed E-state index contributed by atoms with van der Waals surface area (Å²) in [6, 6.07) is 17.3. The van der Waals surface area contributed by atoms with Crippen LogP contribution in [0.2, 0.25) is 0 Å². The van der Waals surface area contributed by atoms with E-state index in [1.807, 2.05) is 60.7 Å². The number of methoxy groups -OCH3 is 1. The second-order valence-electron chi connectivity index (χ2n) is 6.68. The number of nitrogens with zero attached hydrogens (tertiary/aromatic N) is 3. The number of rotatable bonds is 7. The second-order valence-corrected chi connectivity index (χ2v) is 6.68. The smallest absolute Gasteiger partial charge is 0.283 e. The Morgan fingerprint density at radius 3 is 2.21 bits per heavy atom. The molecule has 0 saturated heterocycles. The van der Waals surface area contributed by atoms with Gasteiger partial charge in [0.1, 0.15) is 11.4 Å². The van der Waals surface area contributed by atoms with Crippen molar-refractivity contribution in [2.75, 3.05) is 25.1 Å². The van der Waals surface area contributed by atoms with Gasteiger partial charge in [-0.3, -0.25) is 4.79 Å². The molecule has 28 heavy (non-hydrogen) atoms. The highest BCUT2D eigenvalue weighted by atomic mass is 16.5. The van der Waals surface area contributed by atoms with Gasteiger partial charge in [-0.2, -0.15) is 0 Å². The third-order valence-corrected chi connectivity index (χ3v) is 4.55. The van der Waals surface area contributed by atoms with Gasteiger partial charge in [0.05, 0.1) is 12.8 Å². The van der Waals surface area contributed by atoms with Crippen molar-refractivity contribution in [3.8, 4) is 5.75 Å². The third kappa shape index (κ3) is 4.25. The molecule has 2 aromatic rings. The molecule has 0 unspecified atom stereocenters. The van der Waals surface area contributed by atoms with E-state index in [2.05, 4.69) is 18.7 Å². The maximum Gasteiger partial charge on any atom is 0.283 e. The summed E-state index contributed by atoms with van der Waals surface area (Å²) in [5.74, 6) is 1.39. The molecule has 2 aromatic carbocycles. The molecule has 5 heteroatoms. The summed E-state index contributed by atoms with van der Waals surface area (Å²) in [4.78, 5) is 21.9. The van der Waals surface area contributed by atoms with E-state index in [0.29, 0.717) is 11.7 Å². The average molecular weight is 377 g/mol. The van der Waals surface area contributed by atoms with Crippen molar-refractivity contribution in [2.24, 2.45) is 4.99 Å². The fourth-order valence-electron chi connectivity index (χ4n) is 3.24. The topological polar surface area (TPSA) is 45.1 Å². The minimum Gasteiger partial charge on any atom is -0.497 e. The summed E-state index contributed by atoms with van der Waals surface area (Å²) in [6.07, 6.45) is 3.82. The van der Waals surface area contributed by atoms with Gasteiger partial charge in [0.25, 0.3) is 5.91 Å². The molecular weight excluding hydrogens is 350 g/mol. The SMILES string of the molecule is CCCN(CCC)C1=N/C(=C\c2ccc(OC)cc2)C(=O)N1c1ccccc1. The second kappa shape index (κ2) is 9.22. The number of amides is 1. The van der Waals surface area contributed by atoms with Crippen molar-refractivity contribution in [1.29, 1.82) is 0 Å². The zero-order valence-electron chi connectivity index (χ0n) is 16.8. The minimum absolute atomic E-state index is 0.103. The van der Waals surface area contributed by atoms with Crippen LogP contribution in [0.3, 0.4) is 0 Å². The molecule has 3 rings (SSSR count). The van der Waals surface area contributed by atoms with Crippen LogP contribution in [0.25, 0.3) is 6.08 Å². The minimum atomic E-state index is -0.103. The van der Waals surface area contributed by atoms with E-state index >= 15 is 0 Å². The monoisotopic (exact) mass is 377 g/mol. The number of benzene rings is 2. The molecule has 0 atom stereocenters. The molecule has 0 fully saturated rings. The van der Waals surface area contributed by atoms with Gasteiger partial charge in [-0.1, -0.05) is 44.2 Å². The highest BCUT2D eigenvalue weighted by Crippen LogP contribution is 2.27. The molecule has 1 amide bonds. The number of aliphatic imine (C=N–C) groups is 1. The van der Waals surface area contributed by atoms with Crippen molar-refractivity contribution in [3.05, 3.63) is 65.9 Å². The lowest BCUT2D eigenvalue weighted by atomic mass is 10.2. The molecule has 0 spiro atoms. The molecule has 0 radical (unpaired) electrons. The van der Waals surface area contributed by atoms with Gasteiger partial charge < -0.3 is 9.64 Å². The fourth-order valence-corrected chi connectivity index (χ4v) is 3.24. The standard InChI is InChI=1S/C23H27N3O2/c1-4-15-25(16-5-2)23-24-21(17-18-11-13-20(28-3)14-12-18)22(27)26(23)19-9-7-6-8-10-19/h6-14,17H,4-5,15-16H2,1-3H3/b21-17-. The largest absolute Gasteiger partial charge is 0.497 e. The Hall–Kier alpha value is -3.08. The lowest BCUT2D eigenvalue weighted by Crippen LogP contribution is -2.44. The summed E-state index contributed by atoms with van der Waals surface area (Å²) in [5, 5.41) is 0. The molecule has 146 valence electrons. The Labute approximate surface area is 166 Å². The Bertz CT molecular complexity index is 851. The molecule has 1 aliphatic rings. The van der Waals surface area contributed by atoms with Crippen molar-refractivity contribution in [1.82, 2.24) is 4.90 Å². The first-order valence-corrected chi connectivity index (χ1v) is 9.76. The molecule has 1 heterocycles. The Balaban J connectivity index is 2.01. The highest BCUT2D eigenvalue weighted by Gasteiger charge is 2.34. The van der Waals surface area contributed by atoms with Crippen molar-refractivity contribution in [2.45, 2.75) is 26.7 Å². The fraction of sp³-hybridized carbons (Fsp3) is 0.304. The summed E-state index contributed by atoms with van der Waals surface area (Å²) >= 11 is 0. The molecule has 5 nitrogen and oxygen atoms in total. The van der Waals surface area contributed by atoms with Crippen LogP contribution in [0.15, 0.2) is 65.3 Å². The summed E-state index contributed by atoms with van der Waals surface area (Å²) in [7, 11) is 1.64. The van der Waals surface area contributed by atoms with Gasteiger partial charge in [-0.05, 0) is 48.7 Å². The van der Waals surface area contributed by atoms with E-state index < -0.39 is 0 Å². The predicted molar refractivity (Wildman–Crippen MR) is 114 cm³/mol. The van der Waals surface area contributed by atoms with Gasteiger partial charge in [0.15, 0.2) is 0 Å². The normalized spacial score (nSPS) is 15.1. The zero-order chi connectivity index (χ0) is 19.9. The Morgan fingerprint density at radius 1 is 1.00 bits per heavy atom. The van der Waals surface area contributed by atoms with Crippen LogP contribution in [0.5, 0.6) is 5.75 Å². The number of ether oxygens (including phenoxy) is 1. The molecule has 0 bridgehead atoms. The first kappa shape index (κ1) is 19.7. The van der Waals surface area contributed by atoms with Crippen LogP contribution >= 0.6 is 0 Å². The summed E-state index contributed by atoms with van der Waals surface area (Å²) < 4.78 is 5.21. The average Bonchev–Trinajstić information content (AvgIpc) is 3.05. The number of carbonyl (C=O) groups is 1. The Morgan fingerprint density at radius 2 is 1.64 bits per heavy atom. The highest BCUT2D eigenvalue weighted by molar-refractivity contribution is 6.28. The van der Waals surface area contributed by atoms with Crippen LogP contribution in [0.1, 0.15) is 32.3 Å². The summed E-state index contributed by atoms with van der Waals surface area (Å²) in [6.45, 7) is 6.00. The van der Waals surface area contributed by atoms with E-state index in [1.54, 1.807) is 12.0 Å². The van der Waals surface area contributed by atoms with Crippen molar-refractivity contribution < 1.29 is 9.53 Å². The number of hydrogen-bond donors (Lipinski definition) is 0. The Kier molecular flexibility index (Phi) is 6.48. The van der Waals surface area contributed by atoms with Gasteiger partial charge in [-0.15, -0.1) is 0 Å². The predicted octanol–water partition coefficient (Wildman–Crippen LogP) is 4.56. The number of carbonyl (C=O) groups excluding carboxylic acids is 1. The van der Waals surface area contributed by atoms with E-state index in [-0.39, 0.29) is 5.91 Å². The van der Waals surface area contributed by atoms with Crippen LogP contribution in [0.4, 0.5) is 5.69 Å². The maximum atomic E-state index is 13.2. The third-order valence-electron chi connectivity index (χ3n) is 4.55. The van der Waals surface area contributed by atoms with Crippen molar-refractivity contribution in [3.63, 3.8) is 0 Å². The van der Waals surface area contributed by atoms with Gasteiger partial charge in [0.2, 0.25) is 5.96 Å². The van der Waals surface area contributed by atoms with Crippen molar-refractivity contribution >= 4 is 23.6 Å². The van der Waals surface area contributed by atoms with Crippen LogP contribution in [-0.4, -0.2) is 37.0 Å². The molecule has 0 aliphatic carbocycles. The van der Waals surface area contributed by atoms with Crippen LogP contribution in [-0.2, 0) is 4.79 Å². The van der Waals surface area contributed by atoms with E-state index in [1.165, 1.54) is 0 Å². The number of para-hydroxylation sites is 1. The zero-order valence-corrected chi connectivity index (χ0v) is 16.8. The maximum absolute atomic E-state index is 13.2. The first-order chi connectivity index (χ1) is 13.7. The lowest BCUT2D eigenvalue weighted by Gasteiger charge is -2.29. The van der Waals surface area contributed by atoms with Gasteiger partial charge in [0, 0.05) is 13.1 Å². The summed E-state index contributed by atoms with van der Waals surface area (Å²) in [5.41, 5.74) is 2.20. The van der Waals surface area contributed by atoms with E-state index in [0.717, 1.165) is 42.9 Å². The number of hydrogen-bond acceptors (Lipinski definition) is 4. The number of anilines is 1. The molecular formula is C23H27N3O2. The van der Waals surface area contributed by atoms with Gasteiger partial charge >= 0.3 is 0 Å². The quantitative estimate of drug-likeness (QED) is 0.665. The van der Waals surface area contributed by atoms with Crippen LogP contribution in [0, 0.1) is 0 Å². The molecule has 0 N–H and O–H groups in total. The first-order valence-electron chi connectivity index (χ1n) is 9.76. The van der Waals surface area contributed by atoms with E-state index in [9.17, 15) is 4.79 Å². The molecule has 0 aromatic heterocycles. The van der Waals surface area contributed by atoms with E-state index in [4.69, 9.17) is 9.73 Å². The molecule has 1 aliphatic heterocycles. The van der Waals surface area contributed by atoms with Crippen LogP contribution < -0.4 is 9.64 Å². The number of guanidine groups is 1.